The van der Waals surface area contributed by atoms with E-state index in [2.05, 4.69) is 10.3 Å². The van der Waals surface area contributed by atoms with Gasteiger partial charge in [-0.15, -0.1) is 5.10 Å². The summed E-state index contributed by atoms with van der Waals surface area (Å²) in [6.45, 7) is 0. The van der Waals surface area contributed by atoms with Gasteiger partial charge in [-0.1, -0.05) is 5.21 Å². The highest BCUT2D eigenvalue weighted by atomic mass is 16.5. The van der Waals surface area contributed by atoms with E-state index in [0.29, 0.717) is 12.1 Å². The highest BCUT2D eigenvalue weighted by Crippen LogP contribution is 2.35. The van der Waals surface area contributed by atoms with Crippen molar-refractivity contribution in [3.8, 4) is 5.75 Å². The van der Waals surface area contributed by atoms with Gasteiger partial charge < -0.3 is 9.84 Å². The van der Waals surface area contributed by atoms with E-state index in [-0.39, 0.29) is 5.75 Å². The molecule has 2 aromatic rings. The molecule has 1 aromatic heterocycles. The number of aromatic nitrogens is 3. The lowest BCUT2D eigenvalue weighted by atomic mass is 9.89. The Balaban J connectivity index is 1.94. The summed E-state index contributed by atoms with van der Waals surface area (Å²) < 4.78 is 7.17. The van der Waals surface area contributed by atoms with E-state index in [0.717, 1.165) is 23.9 Å². The van der Waals surface area contributed by atoms with Crippen molar-refractivity contribution in [2.45, 2.75) is 25.0 Å². The topological polar surface area (TPSA) is 60.2 Å². The Kier molecular flexibility index (Phi) is 2.07. The zero-order valence-electron chi connectivity index (χ0n) is 9.00. The molecule has 1 N–H and O–H groups in total. The molecule has 5 heteroatoms. The third-order valence-corrected chi connectivity index (χ3v) is 3.20. The lowest BCUT2D eigenvalue weighted by molar-refractivity contribution is 0.00332. The molecule has 1 fully saturated rings. The van der Waals surface area contributed by atoms with Gasteiger partial charge in [-0.2, -0.15) is 0 Å². The van der Waals surface area contributed by atoms with Crippen molar-refractivity contribution in [1.82, 2.24) is 15.0 Å². The smallest absolute Gasteiger partial charge is 0.117 e. The van der Waals surface area contributed by atoms with Gasteiger partial charge in [0.2, 0.25) is 0 Å². The molecule has 0 spiro atoms. The van der Waals surface area contributed by atoms with Crippen LogP contribution in [0.15, 0.2) is 18.2 Å². The fourth-order valence-corrected chi connectivity index (χ4v) is 2.13. The van der Waals surface area contributed by atoms with Gasteiger partial charge in [0.1, 0.15) is 11.3 Å². The number of hydrogen-bond acceptors (Lipinski definition) is 4. The van der Waals surface area contributed by atoms with Crippen LogP contribution in [0.5, 0.6) is 5.75 Å². The number of ether oxygens (including phenoxy) is 1. The molecule has 1 saturated carbocycles. The Morgan fingerprint density at radius 3 is 3.00 bits per heavy atom. The van der Waals surface area contributed by atoms with Gasteiger partial charge in [0, 0.05) is 13.2 Å². The van der Waals surface area contributed by atoms with E-state index in [4.69, 9.17) is 4.74 Å². The van der Waals surface area contributed by atoms with E-state index < -0.39 is 0 Å². The summed E-state index contributed by atoms with van der Waals surface area (Å²) in [4.78, 5) is 0. The van der Waals surface area contributed by atoms with Crippen molar-refractivity contribution < 1.29 is 9.84 Å². The summed E-state index contributed by atoms with van der Waals surface area (Å²) in [6.07, 6.45) is 2.31. The second kappa shape index (κ2) is 3.45. The third kappa shape index (κ3) is 1.36. The molecule has 0 aliphatic heterocycles. The summed E-state index contributed by atoms with van der Waals surface area (Å²) in [5.74, 6) is 0.225. The molecule has 0 amide bonds. The summed E-state index contributed by atoms with van der Waals surface area (Å²) in [5, 5.41) is 17.5. The van der Waals surface area contributed by atoms with Crippen molar-refractivity contribution in [3.63, 3.8) is 0 Å². The lowest BCUT2D eigenvalue weighted by Crippen LogP contribution is -2.33. The number of phenolic OH excluding ortho intramolecular Hbond substituents is 1. The van der Waals surface area contributed by atoms with Crippen LogP contribution < -0.4 is 0 Å². The largest absolute Gasteiger partial charge is 0.508 e. The maximum absolute atomic E-state index is 9.33. The minimum absolute atomic E-state index is 0.225. The first-order chi connectivity index (χ1) is 7.78. The molecule has 0 radical (unpaired) electrons. The standard InChI is InChI=1S/C11H13N3O2/c1-16-9-4-7(5-9)14-11-3-2-8(15)6-10(11)12-13-14/h2-3,6-7,9,15H,4-5H2,1H3. The van der Waals surface area contributed by atoms with Gasteiger partial charge in [-0.3, -0.25) is 0 Å². The Bertz CT molecular complexity index is 517. The minimum atomic E-state index is 0.225. The highest BCUT2D eigenvalue weighted by molar-refractivity contribution is 5.76. The van der Waals surface area contributed by atoms with E-state index in [1.54, 1.807) is 19.2 Å². The van der Waals surface area contributed by atoms with Crippen LogP contribution in [0.1, 0.15) is 18.9 Å². The van der Waals surface area contributed by atoms with Crippen molar-refractivity contribution in [2.75, 3.05) is 7.11 Å². The molecule has 16 heavy (non-hydrogen) atoms. The zero-order chi connectivity index (χ0) is 11.1. The first-order valence-electron chi connectivity index (χ1n) is 5.34. The van der Waals surface area contributed by atoms with Gasteiger partial charge in [-0.05, 0) is 25.0 Å². The first-order valence-corrected chi connectivity index (χ1v) is 5.34. The number of benzene rings is 1. The second-order valence-corrected chi connectivity index (χ2v) is 4.19. The molecule has 0 unspecified atom stereocenters. The summed E-state index contributed by atoms with van der Waals surface area (Å²) in [6, 6.07) is 5.52. The maximum atomic E-state index is 9.33. The van der Waals surface area contributed by atoms with Crippen LogP contribution in [-0.2, 0) is 4.74 Å². The van der Waals surface area contributed by atoms with Gasteiger partial charge in [0.05, 0.1) is 17.7 Å². The summed E-state index contributed by atoms with van der Waals surface area (Å²) in [7, 11) is 1.73. The molecular formula is C11H13N3O2. The lowest BCUT2D eigenvalue weighted by Gasteiger charge is -2.34. The molecule has 3 rings (SSSR count). The Morgan fingerprint density at radius 2 is 2.25 bits per heavy atom. The average Bonchev–Trinajstić information content (AvgIpc) is 2.60. The maximum Gasteiger partial charge on any atom is 0.117 e. The van der Waals surface area contributed by atoms with Crippen molar-refractivity contribution in [1.29, 1.82) is 0 Å². The number of nitrogens with zero attached hydrogens (tertiary/aromatic N) is 3. The predicted octanol–water partition coefficient (Wildman–Crippen LogP) is 1.49. The van der Waals surface area contributed by atoms with Gasteiger partial charge >= 0.3 is 0 Å². The fraction of sp³-hybridized carbons (Fsp3) is 0.455. The van der Waals surface area contributed by atoms with Gasteiger partial charge in [0.25, 0.3) is 0 Å². The molecule has 84 valence electrons. The Morgan fingerprint density at radius 1 is 1.44 bits per heavy atom. The molecule has 0 bridgehead atoms. The van der Waals surface area contributed by atoms with Crippen molar-refractivity contribution in [3.05, 3.63) is 18.2 Å². The Labute approximate surface area is 92.6 Å². The second-order valence-electron chi connectivity index (χ2n) is 4.19. The number of phenols is 1. The van der Waals surface area contributed by atoms with Crippen molar-refractivity contribution >= 4 is 11.0 Å². The third-order valence-electron chi connectivity index (χ3n) is 3.20. The van der Waals surface area contributed by atoms with Crippen LogP contribution in [-0.4, -0.2) is 33.3 Å². The quantitative estimate of drug-likeness (QED) is 0.831. The van der Waals surface area contributed by atoms with Crippen LogP contribution in [0.25, 0.3) is 11.0 Å². The van der Waals surface area contributed by atoms with E-state index in [9.17, 15) is 5.11 Å². The molecule has 5 nitrogen and oxygen atoms in total. The number of rotatable bonds is 2. The van der Waals surface area contributed by atoms with E-state index in [1.165, 1.54) is 0 Å². The molecule has 1 aliphatic carbocycles. The average molecular weight is 219 g/mol. The highest BCUT2D eigenvalue weighted by Gasteiger charge is 2.32. The van der Waals surface area contributed by atoms with E-state index >= 15 is 0 Å². The van der Waals surface area contributed by atoms with E-state index in [1.807, 2.05) is 10.7 Å². The number of fused-ring (bicyclic) bond motifs is 1. The summed E-state index contributed by atoms with van der Waals surface area (Å²) in [5.41, 5.74) is 1.71. The van der Waals surface area contributed by atoms with Crippen LogP contribution in [0.2, 0.25) is 0 Å². The minimum Gasteiger partial charge on any atom is -0.508 e. The SMILES string of the molecule is COC1CC(n2nnc3cc(O)ccc32)C1. The molecule has 1 aliphatic rings. The monoisotopic (exact) mass is 219 g/mol. The van der Waals surface area contributed by atoms with Gasteiger partial charge in [0.15, 0.2) is 0 Å². The fourth-order valence-electron chi connectivity index (χ4n) is 2.13. The number of aromatic hydroxyl groups is 1. The first kappa shape index (κ1) is 9.59. The molecule has 0 atom stereocenters. The van der Waals surface area contributed by atoms with Crippen LogP contribution in [0.3, 0.4) is 0 Å². The van der Waals surface area contributed by atoms with Crippen LogP contribution in [0.4, 0.5) is 0 Å². The van der Waals surface area contributed by atoms with Crippen molar-refractivity contribution in [2.24, 2.45) is 0 Å². The molecule has 1 aromatic carbocycles. The number of hydrogen-bond donors (Lipinski definition) is 1. The number of methoxy groups -OCH3 is 1. The molecule has 1 heterocycles. The predicted molar refractivity (Wildman–Crippen MR) is 58.3 cm³/mol. The van der Waals surface area contributed by atoms with Crippen LogP contribution in [0, 0.1) is 0 Å². The molecular weight excluding hydrogens is 206 g/mol. The van der Waals surface area contributed by atoms with Crippen LogP contribution >= 0.6 is 0 Å². The normalized spacial score (nSPS) is 24.6. The summed E-state index contributed by atoms with van der Waals surface area (Å²) >= 11 is 0. The molecule has 0 saturated heterocycles. The Hall–Kier alpha value is -1.62. The van der Waals surface area contributed by atoms with Gasteiger partial charge in [-0.25, -0.2) is 4.68 Å². The zero-order valence-corrected chi connectivity index (χ0v) is 9.00.